The van der Waals surface area contributed by atoms with E-state index in [1.54, 1.807) is 7.05 Å². The fourth-order valence-corrected chi connectivity index (χ4v) is 6.62. The predicted octanol–water partition coefficient (Wildman–Crippen LogP) is 1.01. The van der Waals surface area contributed by atoms with Gasteiger partial charge in [-0.2, -0.15) is 0 Å². The van der Waals surface area contributed by atoms with Crippen LogP contribution in [0.1, 0.15) is 38.5 Å². The Morgan fingerprint density at radius 1 is 1.07 bits per heavy atom. The molecule has 8 heteroatoms. The predicted molar refractivity (Wildman–Crippen MR) is 108 cm³/mol. The lowest BCUT2D eigenvalue weighted by Gasteiger charge is -2.54. The fraction of sp³-hybridized carbons (Fsp3) is 0.714. The summed E-state index contributed by atoms with van der Waals surface area (Å²) in [7, 11) is 3.01. The van der Waals surface area contributed by atoms with Gasteiger partial charge in [-0.3, -0.25) is 18.7 Å². The maximum atomic E-state index is 12.5. The van der Waals surface area contributed by atoms with Gasteiger partial charge in [0.1, 0.15) is 6.54 Å². The molecule has 2 aromatic heterocycles. The Morgan fingerprint density at radius 2 is 1.72 bits per heavy atom. The van der Waals surface area contributed by atoms with E-state index in [4.69, 9.17) is 0 Å². The molecule has 0 spiro atoms. The summed E-state index contributed by atoms with van der Waals surface area (Å²) >= 11 is 0. The number of nitrogens with one attached hydrogen (secondary N) is 1. The Bertz CT molecular complexity index is 1050. The van der Waals surface area contributed by atoms with Gasteiger partial charge in [0, 0.05) is 20.6 Å². The standard InChI is InChI=1S/C21H29N5O3/c1-24-19-18(20(28)25(2)21(24)29)26(11-23-19)10-17(27)22-4-3-16-14-6-12-5-13(8-14)9-15(16)7-12/h11-16H,3-10H2,1-2H3,(H,22,27). The molecule has 6 rings (SSSR count). The summed E-state index contributed by atoms with van der Waals surface area (Å²) in [4.78, 5) is 41.2. The minimum absolute atomic E-state index is 0.0333. The van der Waals surface area contributed by atoms with Crippen LogP contribution >= 0.6 is 0 Å². The van der Waals surface area contributed by atoms with E-state index >= 15 is 0 Å². The molecular formula is C21H29N5O3. The van der Waals surface area contributed by atoms with Crippen LogP contribution in [0.25, 0.3) is 11.2 Å². The largest absolute Gasteiger partial charge is 0.355 e. The summed E-state index contributed by atoms with van der Waals surface area (Å²) in [5, 5.41) is 3.04. The van der Waals surface area contributed by atoms with Gasteiger partial charge in [0.2, 0.25) is 5.91 Å². The van der Waals surface area contributed by atoms with Crippen molar-refractivity contribution in [2.45, 2.75) is 45.1 Å². The quantitative estimate of drug-likeness (QED) is 0.812. The minimum Gasteiger partial charge on any atom is -0.355 e. The molecule has 4 bridgehead atoms. The van der Waals surface area contributed by atoms with E-state index in [9.17, 15) is 14.4 Å². The Balaban J connectivity index is 1.23. The lowest BCUT2D eigenvalue weighted by Crippen LogP contribution is -2.46. The highest BCUT2D eigenvalue weighted by atomic mass is 16.2. The Hall–Kier alpha value is -2.38. The molecule has 0 aromatic carbocycles. The van der Waals surface area contributed by atoms with Crippen molar-refractivity contribution in [1.82, 2.24) is 24.0 Å². The number of imidazole rings is 1. The van der Waals surface area contributed by atoms with Gasteiger partial charge < -0.3 is 9.88 Å². The van der Waals surface area contributed by atoms with E-state index < -0.39 is 11.2 Å². The van der Waals surface area contributed by atoms with Gasteiger partial charge in [0.15, 0.2) is 11.2 Å². The van der Waals surface area contributed by atoms with Crippen LogP contribution in [-0.2, 0) is 25.4 Å². The van der Waals surface area contributed by atoms with Crippen molar-refractivity contribution in [3.8, 4) is 0 Å². The first-order chi connectivity index (χ1) is 13.9. The van der Waals surface area contributed by atoms with Crippen molar-refractivity contribution >= 4 is 17.1 Å². The van der Waals surface area contributed by atoms with Crippen LogP contribution in [0.15, 0.2) is 15.9 Å². The van der Waals surface area contributed by atoms with Crippen molar-refractivity contribution in [1.29, 1.82) is 0 Å². The first kappa shape index (κ1) is 18.6. The van der Waals surface area contributed by atoms with Crippen molar-refractivity contribution in [3.05, 3.63) is 27.2 Å². The molecule has 0 radical (unpaired) electrons. The summed E-state index contributed by atoms with van der Waals surface area (Å²) in [6.45, 7) is 0.723. The molecular weight excluding hydrogens is 370 g/mol. The number of amides is 1. The number of aryl methyl sites for hydroxylation is 1. The highest BCUT2D eigenvalue weighted by Gasteiger charge is 2.47. The Labute approximate surface area is 168 Å². The monoisotopic (exact) mass is 399 g/mol. The molecule has 4 aliphatic carbocycles. The maximum Gasteiger partial charge on any atom is 0.332 e. The van der Waals surface area contributed by atoms with Crippen molar-refractivity contribution in [2.75, 3.05) is 6.54 Å². The summed E-state index contributed by atoms with van der Waals surface area (Å²) < 4.78 is 3.91. The van der Waals surface area contributed by atoms with Crippen LogP contribution in [0.2, 0.25) is 0 Å². The maximum absolute atomic E-state index is 12.5. The van der Waals surface area contributed by atoms with Crippen molar-refractivity contribution < 1.29 is 4.79 Å². The molecule has 0 saturated heterocycles. The SMILES string of the molecule is Cn1c(=O)c2c(ncn2CC(=O)NCCC2C3CC4CC(C3)CC2C4)n(C)c1=O. The van der Waals surface area contributed by atoms with Gasteiger partial charge in [-0.15, -0.1) is 0 Å². The molecule has 2 aromatic rings. The number of carbonyl (C=O) groups excluding carboxylic acids is 1. The van der Waals surface area contributed by atoms with E-state index in [1.807, 2.05) is 0 Å². The zero-order valence-corrected chi connectivity index (χ0v) is 17.1. The van der Waals surface area contributed by atoms with Gasteiger partial charge >= 0.3 is 5.69 Å². The van der Waals surface area contributed by atoms with Crippen LogP contribution in [0, 0.1) is 29.6 Å². The van der Waals surface area contributed by atoms with Gasteiger partial charge in [-0.05, 0) is 68.1 Å². The molecule has 8 nitrogen and oxygen atoms in total. The number of hydrogen-bond acceptors (Lipinski definition) is 4. The van der Waals surface area contributed by atoms with E-state index in [1.165, 1.54) is 54.6 Å². The van der Waals surface area contributed by atoms with Crippen molar-refractivity contribution in [2.24, 2.45) is 43.7 Å². The molecule has 0 unspecified atom stereocenters. The Kier molecular flexibility index (Phi) is 4.40. The average Bonchev–Trinajstić information content (AvgIpc) is 3.10. The number of nitrogens with zero attached hydrogens (tertiary/aromatic N) is 4. The summed E-state index contributed by atoms with van der Waals surface area (Å²) in [5.41, 5.74) is -0.264. The van der Waals surface area contributed by atoms with Crippen LogP contribution in [-0.4, -0.2) is 31.1 Å². The lowest BCUT2D eigenvalue weighted by atomic mass is 9.51. The number of rotatable bonds is 5. The first-order valence-electron chi connectivity index (χ1n) is 10.8. The second-order valence-corrected chi connectivity index (χ2v) is 9.48. The highest BCUT2D eigenvalue weighted by molar-refractivity contribution is 5.78. The van der Waals surface area contributed by atoms with Gasteiger partial charge in [-0.1, -0.05) is 0 Å². The Morgan fingerprint density at radius 3 is 2.38 bits per heavy atom. The lowest BCUT2D eigenvalue weighted by molar-refractivity contribution is -0.121. The van der Waals surface area contributed by atoms with E-state index in [-0.39, 0.29) is 18.0 Å². The van der Waals surface area contributed by atoms with Crippen LogP contribution < -0.4 is 16.6 Å². The summed E-state index contributed by atoms with van der Waals surface area (Å²) in [5.74, 6) is 4.31. The zero-order valence-electron chi connectivity index (χ0n) is 17.1. The summed E-state index contributed by atoms with van der Waals surface area (Å²) in [6, 6.07) is 0. The van der Waals surface area contributed by atoms with Gasteiger partial charge in [-0.25, -0.2) is 9.78 Å². The van der Waals surface area contributed by atoms with Crippen LogP contribution in [0.4, 0.5) is 0 Å². The third-order valence-corrected chi connectivity index (χ3v) is 7.75. The average molecular weight is 399 g/mol. The molecule has 1 N–H and O–H groups in total. The second kappa shape index (κ2) is 6.85. The third kappa shape index (κ3) is 3.04. The molecule has 4 saturated carbocycles. The number of fused-ring (bicyclic) bond motifs is 1. The highest BCUT2D eigenvalue weighted by Crippen LogP contribution is 2.57. The molecule has 4 fully saturated rings. The number of hydrogen-bond donors (Lipinski definition) is 1. The first-order valence-corrected chi connectivity index (χ1v) is 10.8. The molecule has 2 heterocycles. The van der Waals surface area contributed by atoms with Gasteiger partial charge in [0.25, 0.3) is 5.56 Å². The molecule has 0 atom stereocenters. The van der Waals surface area contributed by atoms with Crippen LogP contribution in [0.3, 0.4) is 0 Å². The normalized spacial score (nSPS) is 30.2. The second-order valence-electron chi connectivity index (χ2n) is 9.48. The number of aromatic nitrogens is 4. The fourth-order valence-electron chi connectivity index (χ4n) is 6.62. The minimum atomic E-state index is -0.429. The third-order valence-electron chi connectivity index (χ3n) is 7.75. The molecule has 0 aliphatic heterocycles. The van der Waals surface area contributed by atoms with Crippen molar-refractivity contribution in [3.63, 3.8) is 0 Å². The van der Waals surface area contributed by atoms with Crippen LogP contribution in [0.5, 0.6) is 0 Å². The molecule has 29 heavy (non-hydrogen) atoms. The topological polar surface area (TPSA) is 90.9 Å². The van der Waals surface area contributed by atoms with E-state index in [0.29, 0.717) is 12.2 Å². The smallest absolute Gasteiger partial charge is 0.332 e. The molecule has 4 aliphatic rings. The van der Waals surface area contributed by atoms with E-state index in [2.05, 4.69) is 10.3 Å². The molecule has 1 amide bonds. The van der Waals surface area contributed by atoms with Gasteiger partial charge in [0.05, 0.1) is 6.33 Å². The molecule has 156 valence electrons. The van der Waals surface area contributed by atoms with E-state index in [0.717, 1.165) is 40.6 Å². The zero-order chi connectivity index (χ0) is 20.3. The number of carbonyl (C=O) groups is 1. The summed E-state index contributed by atoms with van der Waals surface area (Å²) in [6.07, 6.45) is 9.57.